The Labute approximate surface area is 158 Å². The van der Waals surface area contributed by atoms with Gasteiger partial charge in [0, 0.05) is 11.3 Å². The van der Waals surface area contributed by atoms with Crippen LogP contribution in [0.25, 0.3) is 0 Å². The van der Waals surface area contributed by atoms with E-state index < -0.39 is 18.0 Å². The van der Waals surface area contributed by atoms with E-state index in [1.54, 1.807) is 31.2 Å². The summed E-state index contributed by atoms with van der Waals surface area (Å²) in [4.78, 5) is 35.7. The van der Waals surface area contributed by atoms with Crippen LogP contribution >= 0.6 is 0 Å². The average molecular weight is 365 g/mol. The van der Waals surface area contributed by atoms with Crippen molar-refractivity contribution in [3.05, 3.63) is 64.7 Å². The Balaban J connectivity index is 1.52. The summed E-state index contributed by atoms with van der Waals surface area (Å²) in [6.45, 7) is 3.02. The number of esters is 1. The van der Waals surface area contributed by atoms with E-state index in [4.69, 9.17) is 4.74 Å². The van der Waals surface area contributed by atoms with Crippen LogP contribution < -0.4 is 5.32 Å². The number of carbonyl (C=O) groups excluding carboxylic acids is 3. The van der Waals surface area contributed by atoms with Crippen LogP contribution in [0.15, 0.2) is 42.5 Å². The lowest BCUT2D eigenvalue weighted by Gasteiger charge is -2.14. The van der Waals surface area contributed by atoms with Gasteiger partial charge in [-0.3, -0.25) is 14.4 Å². The Bertz CT molecular complexity index is 870. The van der Waals surface area contributed by atoms with E-state index in [1.165, 1.54) is 18.1 Å². The van der Waals surface area contributed by atoms with Gasteiger partial charge in [0.15, 0.2) is 11.9 Å². The minimum Gasteiger partial charge on any atom is -0.452 e. The van der Waals surface area contributed by atoms with E-state index in [0.717, 1.165) is 24.8 Å². The molecule has 0 radical (unpaired) electrons. The summed E-state index contributed by atoms with van der Waals surface area (Å²) in [7, 11) is 0. The molecule has 0 saturated carbocycles. The molecule has 1 aliphatic carbocycles. The zero-order chi connectivity index (χ0) is 19.4. The number of nitrogens with one attached hydrogen (secondary N) is 1. The number of aryl methyl sites for hydroxylation is 2. The molecule has 2 aromatic rings. The fourth-order valence-electron chi connectivity index (χ4n) is 3.23. The molecule has 3 rings (SSSR count). The Hall–Kier alpha value is -2.95. The summed E-state index contributed by atoms with van der Waals surface area (Å²) in [5.74, 6) is -0.878. The number of carbonyl (C=O) groups is 3. The highest BCUT2D eigenvalue weighted by Gasteiger charge is 2.19. The van der Waals surface area contributed by atoms with Gasteiger partial charge in [-0.2, -0.15) is 0 Å². The third-order valence-corrected chi connectivity index (χ3v) is 4.75. The second-order valence-corrected chi connectivity index (χ2v) is 6.89. The summed E-state index contributed by atoms with van der Waals surface area (Å²) < 4.78 is 5.26. The molecular formula is C22H23NO4. The molecule has 0 aromatic heterocycles. The summed E-state index contributed by atoms with van der Waals surface area (Å²) in [6, 6.07) is 12.7. The van der Waals surface area contributed by atoms with Gasteiger partial charge in [0.05, 0.1) is 6.42 Å². The van der Waals surface area contributed by atoms with Crippen molar-refractivity contribution in [2.24, 2.45) is 0 Å². The topological polar surface area (TPSA) is 72.5 Å². The zero-order valence-electron chi connectivity index (χ0n) is 15.6. The number of hydrogen-bond acceptors (Lipinski definition) is 4. The number of Topliss-reactive ketones (excluding diaryl/α,β-unsaturated/α-hetero) is 1. The van der Waals surface area contributed by atoms with E-state index in [0.29, 0.717) is 11.3 Å². The number of anilines is 1. The van der Waals surface area contributed by atoms with E-state index >= 15 is 0 Å². The molecule has 1 N–H and O–H groups in total. The molecule has 0 saturated heterocycles. The van der Waals surface area contributed by atoms with Gasteiger partial charge in [0.2, 0.25) is 0 Å². The summed E-state index contributed by atoms with van der Waals surface area (Å²) in [5.41, 5.74) is 4.69. The van der Waals surface area contributed by atoms with Crippen LogP contribution in [0, 0.1) is 0 Å². The second-order valence-electron chi connectivity index (χ2n) is 6.89. The minimum absolute atomic E-state index is 0.0401. The molecule has 1 atom stereocenters. The van der Waals surface area contributed by atoms with Gasteiger partial charge in [0.25, 0.3) is 5.91 Å². The van der Waals surface area contributed by atoms with Crippen molar-refractivity contribution in [3.8, 4) is 0 Å². The second kappa shape index (κ2) is 8.16. The molecule has 0 unspecified atom stereocenters. The molecule has 0 spiro atoms. The highest BCUT2D eigenvalue weighted by Crippen LogP contribution is 2.23. The first-order chi connectivity index (χ1) is 12.9. The standard InChI is InChI=1S/C22H23NO4/c1-14(24)17-8-10-20(11-9-17)23-22(26)15(2)27-21(25)13-16-6-7-18-4-3-5-19(18)12-16/h6-12,15H,3-5,13H2,1-2H3,(H,23,26)/t15-/m1/s1. The number of ketones is 1. The molecular weight excluding hydrogens is 342 g/mol. The van der Waals surface area contributed by atoms with Crippen molar-refractivity contribution >= 4 is 23.3 Å². The molecule has 5 heteroatoms. The smallest absolute Gasteiger partial charge is 0.311 e. The number of amides is 1. The van der Waals surface area contributed by atoms with E-state index in [1.807, 2.05) is 6.07 Å². The van der Waals surface area contributed by atoms with Crippen LogP contribution in [-0.4, -0.2) is 23.8 Å². The molecule has 1 amide bonds. The van der Waals surface area contributed by atoms with Crippen molar-refractivity contribution in [2.75, 3.05) is 5.32 Å². The highest BCUT2D eigenvalue weighted by molar-refractivity contribution is 5.97. The first kappa shape index (κ1) is 18.8. The van der Waals surface area contributed by atoms with Crippen molar-refractivity contribution in [1.29, 1.82) is 0 Å². The number of ether oxygens (including phenoxy) is 1. The average Bonchev–Trinajstić information content (AvgIpc) is 3.09. The number of fused-ring (bicyclic) bond motifs is 1. The quantitative estimate of drug-likeness (QED) is 0.628. The number of hydrogen-bond donors (Lipinski definition) is 1. The maximum atomic E-state index is 12.2. The van der Waals surface area contributed by atoms with Gasteiger partial charge < -0.3 is 10.1 Å². The number of benzene rings is 2. The van der Waals surface area contributed by atoms with Crippen LogP contribution in [-0.2, 0) is 33.6 Å². The van der Waals surface area contributed by atoms with Crippen LogP contribution in [0.5, 0.6) is 0 Å². The third kappa shape index (κ3) is 4.82. The molecule has 0 heterocycles. The molecule has 0 fully saturated rings. The molecule has 1 aliphatic rings. The number of rotatable bonds is 6. The van der Waals surface area contributed by atoms with Crippen molar-refractivity contribution in [3.63, 3.8) is 0 Å². The van der Waals surface area contributed by atoms with E-state index in [9.17, 15) is 14.4 Å². The Morgan fingerprint density at radius 3 is 2.44 bits per heavy atom. The van der Waals surface area contributed by atoms with Crippen LogP contribution in [0.4, 0.5) is 5.69 Å². The van der Waals surface area contributed by atoms with Gasteiger partial charge in [-0.1, -0.05) is 18.2 Å². The van der Waals surface area contributed by atoms with E-state index in [-0.39, 0.29) is 12.2 Å². The monoisotopic (exact) mass is 365 g/mol. The van der Waals surface area contributed by atoms with Gasteiger partial charge in [-0.25, -0.2) is 0 Å². The lowest BCUT2D eigenvalue weighted by Crippen LogP contribution is -2.30. The van der Waals surface area contributed by atoms with Crippen LogP contribution in [0.2, 0.25) is 0 Å². The highest BCUT2D eigenvalue weighted by atomic mass is 16.5. The fraction of sp³-hybridized carbons (Fsp3) is 0.318. The van der Waals surface area contributed by atoms with E-state index in [2.05, 4.69) is 17.4 Å². The molecule has 140 valence electrons. The van der Waals surface area contributed by atoms with Gasteiger partial charge in [0.1, 0.15) is 0 Å². The predicted octanol–water partition coefficient (Wildman–Crippen LogP) is 3.49. The van der Waals surface area contributed by atoms with Crippen molar-refractivity contribution in [1.82, 2.24) is 0 Å². The molecule has 0 bridgehead atoms. The SMILES string of the molecule is CC(=O)c1ccc(NC(=O)[C@@H](C)OC(=O)Cc2ccc3c(c2)CCC3)cc1. The Kier molecular flexibility index (Phi) is 5.69. The van der Waals surface area contributed by atoms with Gasteiger partial charge in [-0.15, -0.1) is 0 Å². The Morgan fingerprint density at radius 1 is 1.04 bits per heavy atom. The fourth-order valence-corrected chi connectivity index (χ4v) is 3.23. The van der Waals surface area contributed by atoms with Gasteiger partial charge in [-0.05, 0) is 74.1 Å². The van der Waals surface area contributed by atoms with Crippen LogP contribution in [0.1, 0.15) is 47.3 Å². The zero-order valence-corrected chi connectivity index (χ0v) is 15.6. The molecule has 27 heavy (non-hydrogen) atoms. The largest absolute Gasteiger partial charge is 0.452 e. The first-order valence-corrected chi connectivity index (χ1v) is 9.14. The van der Waals surface area contributed by atoms with Crippen molar-refractivity contribution < 1.29 is 19.1 Å². The lowest BCUT2D eigenvalue weighted by atomic mass is 10.0. The maximum Gasteiger partial charge on any atom is 0.311 e. The maximum absolute atomic E-state index is 12.2. The predicted molar refractivity (Wildman–Crippen MR) is 103 cm³/mol. The molecule has 5 nitrogen and oxygen atoms in total. The Morgan fingerprint density at radius 2 is 1.74 bits per heavy atom. The summed E-state index contributed by atoms with van der Waals surface area (Å²) in [6.07, 6.45) is 2.57. The van der Waals surface area contributed by atoms with Gasteiger partial charge >= 0.3 is 5.97 Å². The molecule has 2 aromatic carbocycles. The normalized spacial score (nSPS) is 13.6. The first-order valence-electron chi connectivity index (χ1n) is 9.14. The molecule has 0 aliphatic heterocycles. The third-order valence-electron chi connectivity index (χ3n) is 4.75. The summed E-state index contributed by atoms with van der Waals surface area (Å²) in [5, 5.41) is 2.68. The van der Waals surface area contributed by atoms with Crippen LogP contribution in [0.3, 0.4) is 0 Å². The summed E-state index contributed by atoms with van der Waals surface area (Å²) >= 11 is 0. The minimum atomic E-state index is -0.903. The lowest BCUT2D eigenvalue weighted by molar-refractivity contribution is -0.152. The van der Waals surface area contributed by atoms with Crippen molar-refractivity contribution in [2.45, 2.75) is 45.6 Å².